The first-order chi connectivity index (χ1) is 12.9. The van der Waals surface area contributed by atoms with E-state index in [2.05, 4.69) is 14.2 Å². The van der Waals surface area contributed by atoms with Crippen LogP contribution >= 0.6 is 0 Å². The maximum absolute atomic E-state index is 12.9. The van der Waals surface area contributed by atoms with Crippen LogP contribution < -0.4 is 14.2 Å². The van der Waals surface area contributed by atoms with Crippen LogP contribution in [0.3, 0.4) is 0 Å². The van der Waals surface area contributed by atoms with Gasteiger partial charge in [0.2, 0.25) is 6.79 Å². The molecular weight excluding hydrogens is 378 g/mol. The average Bonchev–Trinajstić information content (AvgIpc) is 3.13. The number of rotatable bonds is 5. The number of methoxy groups -OCH3 is 2. The van der Waals surface area contributed by atoms with Crippen molar-refractivity contribution >= 4 is 27.6 Å². The summed E-state index contributed by atoms with van der Waals surface area (Å²) >= 11 is 0. The van der Waals surface area contributed by atoms with Crippen LogP contribution in [0.2, 0.25) is 0 Å². The second-order valence-electron chi connectivity index (χ2n) is 5.37. The molecule has 1 aliphatic heterocycles. The molecule has 0 amide bonds. The molecule has 2 aromatic carbocycles. The fraction of sp³-hybridized carbons (Fsp3) is 0.176. The predicted octanol–water partition coefficient (Wildman–Crippen LogP) is 1.79. The summed E-state index contributed by atoms with van der Waals surface area (Å²) in [5.74, 6) is -0.740. The molecule has 3 rings (SSSR count). The fourth-order valence-corrected chi connectivity index (χ4v) is 3.71. The van der Waals surface area contributed by atoms with Gasteiger partial charge in [-0.25, -0.2) is 18.0 Å². The van der Waals surface area contributed by atoms with Crippen LogP contribution in [0, 0.1) is 0 Å². The van der Waals surface area contributed by atoms with Crippen molar-refractivity contribution in [2.75, 3.05) is 25.7 Å². The molecule has 2 aromatic rings. The Morgan fingerprint density at radius 1 is 0.963 bits per heavy atom. The second-order valence-corrected chi connectivity index (χ2v) is 7.02. The van der Waals surface area contributed by atoms with Gasteiger partial charge in [-0.1, -0.05) is 0 Å². The molecule has 0 aliphatic carbocycles. The van der Waals surface area contributed by atoms with Gasteiger partial charge in [0.15, 0.2) is 11.5 Å². The Balaban J connectivity index is 2.03. The summed E-state index contributed by atoms with van der Waals surface area (Å²) in [6.45, 7) is 0.0409. The molecule has 10 heteroatoms. The molecule has 0 saturated carbocycles. The van der Waals surface area contributed by atoms with Crippen molar-refractivity contribution < 1.29 is 37.0 Å². The van der Waals surface area contributed by atoms with Gasteiger partial charge in [-0.15, -0.1) is 0 Å². The van der Waals surface area contributed by atoms with Crippen molar-refractivity contribution in [2.24, 2.45) is 0 Å². The number of carbonyl (C=O) groups excluding carboxylic acids is 2. The van der Waals surface area contributed by atoms with E-state index in [0.717, 1.165) is 20.3 Å². The van der Waals surface area contributed by atoms with E-state index in [1.54, 1.807) is 6.07 Å². The van der Waals surface area contributed by atoms with Gasteiger partial charge < -0.3 is 18.9 Å². The van der Waals surface area contributed by atoms with Crippen molar-refractivity contribution in [2.45, 2.75) is 4.90 Å². The Bertz CT molecular complexity index is 1020. The van der Waals surface area contributed by atoms with Crippen LogP contribution in [0.15, 0.2) is 41.3 Å². The summed E-state index contributed by atoms with van der Waals surface area (Å²) in [5.41, 5.74) is -0.0619. The summed E-state index contributed by atoms with van der Waals surface area (Å²) in [7, 11) is -1.95. The molecule has 0 bridgehead atoms. The van der Waals surface area contributed by atoms with Crippen LogP contribution in [0.25, 0.3) is 0 Å². The smallest absolute Gasteiger partial charge is 0.339 e. The third-order valence-corrected chi connectivity index (χ3v) is 5.14. The van der Waals surface area contributed by atoms with Crippen LogP contribution in [0.4, 0.5) is 5.69 Å². The van der Waals surface area contributed by atoms with E-state index in [-0.39, 0.29) is 23.6 Å². The van der Waals surface area contributed by atoms with Crippen molar-refractivity contribution in [1.82, 2.24) is 0 Å². The molecular formula is C17H15NO8S. The van der Waals surface area contributed by atoms with Gasteiger partial charge in [-0.2, -0.15) is 0 Å². The SMILES string of the molecule is COC(=O)c1ccc(C(=O)OC)c(S(=O)(=O)Nc2ccc3c(c2)OCO3)c1. The number of nitrogens with one attached hydrogen (secondary N) is 1. The minimum Gasteiger partial charge on any atom is -0.465 e. The maximum Gasteiger partial charge on any atom is 0.339 e. The molecule has 0 unspecified atom stereocenters. The number of esters is 2. The number of anilines is 1. The van der Waals surface area contributed by atoms with E-state index >= 15 is 0 Å². The maximum atomic E-state index is 12.9. The quantitative estimate of drug-likeness (QED) is 0.764. The van der Waals surface area contributed by atoms with Gasteiger partial charge in [-0.3, -0.25) is 4.72 Å². The molecule has 1 N–H and O–H groups in total. The lowest BCUT2D eigenvalue weighted by atomic mass is 10.1. The Morgan fingerprint density at radius 2 is 1.67 bits per heavy atom. The standard InChI is InChI=1S/C17H15NO8S/c1-23-16(19)10-3-5-12(17(20)24-2)15(7-10)27(21,22)18-11-4-6-13-14(8-11)26-9-25-13/h3-8,18H,9H2,1-2H3. The van der Waals surface area contributed by atoms with Gasteiger partial charge in [-0.05, 0) is 30.3 Å². The molecule has 0 radical (unpaired) electrons. The molecule has 0 atom stereocenters. The molecule has 0 fully saturated rings. The third-order valence-electron chi connectivity index (χ3n) is 3.72. The van der Waals surface area contributed by atoms with Crippen LogP contribution in [-0.4, -0.2) is 41.4 Å². The monoisotopic (exact) mass is 393 g/mol. The van der Waals surface area contributed by atoms with E-state index in [1.807, 2.05) is 0 Å². The molecule has 0 saturated heterocycles. The Morgan fingerprint density at radius 3 is 2.37 bits per heavy atom. The largest absolute Gasteiger partial charge is 0.465 e. The predicted molar refractivity (Wildman–Crippen MR) is 92.5 cm³/mol. The number of fused-ring (bicyclic) bond motifs is 1. The minimum atomic E-state index is -4.24. The average molecular weight is 393 g/mol. The summed E-state index contributed by atoms with van der Waals surface area (Å²) in [5, 5.41) is 0. The number of benzene rings is 2. The highest BCUT2D eigenvalue weighted by Gasteiger charge is 2.26. The number of hydrogen-bond donors (Lipinski definition) is 1. The Kier molecular flexibility index (Phi) is 4.91. The fourth-order valence-electron chi connectivity index (χ4n) is 2.44. The summed E-state index contributed by atoms with van der Waals surface area (Å²) < 4.78 is 47.7. The highest BCUT2D eigenvalue weighted by Crippen LogP contribution is 2.35. The first kappa shape index (κ1) is 18.5. The lowest BCUT2D eigenvalue weighted by Crippen LogP contribution is -2.18. The Hall–Kier alpha value is -3.27. The van der Waals surface area contributed by atoms with Crippen LogP contribution in [-0.2, 0) is 19.5 Å². The zero-order chi connectivity index (χ0) is 19.6. The van der Waals surface area contributed by atoms with E-state index < -0.39 is 26.9 Å². The van der Waals surface area contributed by atoms with Gasteiger partial charge in [0.25, 0.3) is 10.0 Å². The van der Waals surface area contributed by atoms with Crippen molar-refractivity contribution in [1.29, 1.82) is 0 Å². The lowest BCUT2D eigenvalue weighted by Gasteiger charge is -2.13. The van der Waals surface area contributed by atoms with E-state index in [0.29, 0.717) is 11.5 Å². The number of hydrogen-bond acceptors (Lipinski definition) is 8. The molecule has 9 nitrogen and oxygen atoms in total. The minimum absolute atomic E-state index is 0.0313. The second kappa shape index (κ2) is 7.16. The number of carbonyl (C=O) groups is 2. The van der Waals surface area contributed by atoms with Gasteiger partial charge >= 0.3 is 11.9 Å². The van der Waals surface area contributed by atoms with E-state index in [1.165, 1.54) is 24.3 Å². The normalized spacial score (nSPS) is 12.4. The van der Waals surface area contributed by atoms with Crippen LogP contribution in [0.5, 0.6) is 11.5 Å². The summed E-state index contributed by atoms with van der Waals surface area (Å²) in [6.07, 6.45) is 0. The van der Waals surface area contributed by atoms with Crippen molar-refractivity contribution in [3.63, 3.8) is 0 Å². The molecule has 27 heavy (non-hydrogen) atoms. The summed E-state index contributed by atoms with van der Waals surface area (Å²) in [4.78, 5) is 23.3. The van der Waals surface area contributed by atoms with Gasteiger partial charge in [0, 0.05) is 6.07 Å². The highest BCUT2D eigenvalue weighted by molar-refractivity contribution is 7.92. The van der Waals surface area contributed by atoms with Crippen LogP contribution in [0.1, 0.15) is 20.7 Å². The third kappa shape index (κ3) is 3.65. The Labute approximate surface area is 154 Å². The molecule has 142 valence electrons. The molecule has 0 aromatic heterocycles. The first-order valence-electron chi connectivity index (χ1n) is 7.59. The zero-order valence-corrected chi connectivity index (χ0v) is 15.2. The highest BCUT2D eigenvalue weighted by atomic mass is 32.2. The van der Waals surface area contributed by atoms with E-state index in [9.17, 15) is 18.0 Å². The van der Waals surface area contributed by atoms with E-state index in [4.69, 9.17) is 9.47 Å². The number of ether oxygens (including phenoxy) is 4. The first-order valence-corrected chi connectivity index (χ1v) is 9.07. The lowest BCUT2D eigenvalue weighted by molar-refractivity contribution is 0.0583. The summed E-state index contributed by atoms with van der Waals surface area (Å²) in [6, 6.07) is 7.98. The van der Waals surface area contributed by atoms with Crippen molar-refractivity contribution in [3.05, 3.63) is 47.5 Å². The van der Waals surface area contributed by atoms with Gasteiger partial charge in [0.1, 0.15) is 4.90 Å². The topological polar surface area (TPSA) is 117 Å². The molecule has 1 aliphatic rings. The zero-order valence-electron chi connectivity index (χ0n) is 14.3. The van der Waals surface area contributed by atoms with Crippen molar-refractivity contribution in [3.8, 4) is 11.5 Å². The molecule has 0 spiro atoms. The molecule has 1 heterocycles. The number of sulfonamides is 1. The van der Waals surface area contributed by atoms with Gasteiger partial charge in [0.05, 0.1) is 31.0 Å².